The van der Waals surface area contributed by atoms with E-state index in [1.54, 1.807) is 30.3 Å². The molecular formula is C20H19FN2O8. The second-order valence-electron chi connectivity index (χ2n) is 6.23. The number of Topliss-reactive ketones (excluding diaryl/α,β-unsaturated/α-hetero) is 2. The number of hydrogen-bond acceptors (Lipinski definition) is 7. The molecule has 2 aromatic rings. The van der Waals surface area contributed by atoms with Gasteiger partial charge in [-0.05, 0) is 17.7 Å². The molecule has 0 aliphatic heterocycles. The van der Waals surface area contributed by atoms with Crippen LogP contribution in [-0.2, 0) is 30.5 Å². The topological polar surface area (TPSA) is 152 Å². The van der Waals surface area contributed by atoms with Crippen LogP contribution in [0.5, 0.6) is 0 Å². The Bertz CT molecular complexity index is 930. The Balaban J connectivity index is 2.11. The van der Waals surface area contributed by atoms with Crippen molar-refractivity contribution >= 4 is 29.5 Å². The molecular weight excluding hydrogens is 415 g/mol. The molecule has 2 rings (SSSR count). The number of carbonyl (C=O) groups excluding carboxylic acids is 4. The Hall–Kier alpha value is -4.02. The Morgan fingerprint density at radius 1 is 1.03 bits per heavy atom. The van der Waals surface area contributed by atoms with Gasteiger partial charge in [-0.25, -0.2) is 9.18 Å². The van der Waals surface area contributed by atoms with Crippen LogP contribution in [0.1, 0.15) is 23.8 Å². The number of carboxylic acids is 1. The lowest BCUT2D eigenvalue weighted by Gasteiger charge is -2.20. The number of alkyl carbamates (subject to hydrolysis) is 1. The third-order valence-corrected chi connectivity index (χ3v) is 3.97. The Morgan fingerprint density at radius 2 is 1.74 bits per heavy atom. The van der Waals surface area contributed by atoms with Crippen LogP contribution in [0.15, 0.2) is 53.1 Å². The number of rotatable bonds is 11. The summed E-state index contributed by atoms with van der Waals surface area (Å²) >= 11 is 0. The van der Waals surface area contributed by atoms with Gasteiger partial charge in [0.15, 0.2) is 12.7 Å². The third kappa shape index (κ3) is 7.07. The van der Waals surface area contributed by atoms with E-state index >= 15 is 0 Å². The largest absolute Gasteiger partial charge is 0.481 e. The van der Waals surface area contributed by atoms with Crippen LogP contribution in [-0.4, -0.2) is 47.4 Å². The smallest absolute Gasteiger partial charge is 0.408 e. The average molecular weight is 434 g/mol. The number of ketones is 2. The van der Waals surface area contributed by atoms with E-state index in [-0.39, 0.29) is 12.4 Å². The van der Waals surface area contributed by atoms with Crippen LogP contribution < -0.4 is 10.6 Å². The Kier molecular flexibility index (Phi) is 8.43. The Labute approximate surface area is 175 Å². The summed E-state index contributed by atoms with van der Waals surface area (Å²) in [5.74, 6) is -5.51. The van der Waals surface area contributed by atoms with Crippen molar-refractivity contribution in [2.75, 3.05) is 6.67 Å². The van der Waals surface area contributed by atoms with Gasteiger partial charge in [0.1, 0.15) is 18.4 Å². The van der Waals surface area contributed by atoms with Gasteiger partial charge in [-0.15, -0.1) is 0 Å². The molecule has 11 heteroatoms. The van der Waals surface area contributed by atoms with E-state index < -0.39 is 54.7 Å². The number of halogens is 1. The number of aliphatic carboxylic acids is 1. The molecule has 0 radical (unpaired) electrons. The fourth-order valence-corrected chi connectivity index (χ4v) is 2.50. The van der Waals surface area contributed by atoms with Gasteiger partial charge in [-0.3, -0.25) is 19.2 Å². The van der Waals surface area contributed by atoms with Crippen LogP contribution in [0, 0.1) is 0 Å². The van der Waals surface area contributed by atoms with E-state index in [9.17, 15) is 28.4 Å². The molecule has 10 nitrogen and oxygen atoms in total. The highest BCUT2D eigenvalue weighted by molar-refractivity contribution is 6.40. The predicted octanol–water partition coefficient (Wildman–Crippen LogP) is 1.31. The minimum absolute atomic E-state index is 0.0486. The van der Waals surface area contributed by atoms with Crippen LogP contribution in [0.25, 0.3) is 0 Å². The van der Waals surface area contributed by atoms with Crippen molar-refractivity contribution in [3.05, 3.63) is 60.1 Å². The summed E-state index contributed by atoms with van der Waals surface area (Å²) in [6.45, 7) is -1.74. The Morgan fingerprint density at radius 3 is 2.32 bits per heavy atom. The normalized spacial score (nSPS) is 12.3. The molecule has 0 saturated carbocycles. The molecule has 2 atom stereocenters. The van der Waals surface area contributed by atoms with Crippen molar-refractivity contribution in [2.24, 2.45) is 0 Å². The number of nitrogens with one attached hydrogen (secondary N) is 2. The molecule has 0 aliphatic rings. The minimum Gasteiger partial charge on any atom is -0.481 e. The maximum Gasteiger partial charge on any atom is 0.408 e. The summed E-state index contributed by atoms with van der Waals surface area (Å²) in [7, 11) is 0. The SMILES string of the molecule is O=C(O)CC(NC(=O)C(NC(=O)OCc1ccccc1)c1ccco1)C(=O)C(=O)CF. The summed E-state index contributed by atoms with van der Waals surface area (Å²) in [5.41, 5.74) is 0.688. The number of benzene rings is 1. The maximum absolute atomic E-state index is 12.7. The van der Waals surface area contributed by atoms with Gasteiger partial charge in [0, 0.05) is 0 Å². The van der Waals surface area contributed by atoms with Gasteiger partial charge in [-0.1, -0.05) is 30.3 Å². The molecule has 31 heavy (non-hydrogen) atoms. The standard InChI is InChI=1S/C20H19FN2O8/c21-10-14(24)18(27)13(9-16(25)26)22-19(28)17(15-7-4-8-30-15)23-20(29)31-11-12-5-2-1-3-6-12/h1-8,13,17H,9-11H2,(H,22,28)(H,23,29)(H,25,26). The first-order valence-corrected chi connectivity index (χ1v) is 8.97. The average Bonchev–Trinajstić information content (AvgIpc) is 3.29. The molecule has 3 N–H and O–H groups in total. The second-order valence-corrected chi connectivity index (χ2v) is 6.23. The number of hydrogen-bond donors (Lipinski definition) is 3. The highest BCUT2D eigenvalue weighted by Crippen LogP contribution is 2.15. The van der Waals surface area contributed by atoms with Crippen LogP contribution in [0.4, 0.5) is 9.18 Å². The fourth-order valence-electron chi connectivity index (χ4n) is 2.50. The highest BCUT2D eigenvalue weighted by atomic mass is 19.1. The summed E-state index contributed by atoms with van der Waals surface area (Å²) < 4.78 is 22.7. The summed E-state index contributed by atoms with van der Waals surface area (Å²) in [5, 5.41) is 13.2. The first-order valence-electron chi connectivity index (χ1n) is 8.97. The van der Waals surface area contributed by atoms with Gasteiger partial charge < -0.3 is 24.9 Å². The molecule has 0 aliphatic carbocycles. The second kappa shape index (κ2) is 11.2. The number of carbonyl (C=O) groups is 5. The zero-order valence-corrected chi connectivity index (χ0v) is 16.1. The van der Waals surface area contributed by atoms with Crippen LogP contribution in [0.3, 0.4) is 0 Å². The van der Waals surface area contributed by atoms with Crippen molar-refractivity contribution in [1.29, 1.82) is 0 Å². The van der Waals surface area contributed by atoms with Crippen molar-refractivity contribution in [2.45, 2.75) is 25.1 Å². The molecule has 1 heterocycles. The summed E-state index contributed by atoms with van der Waals surface area (Å²) in [4.78, 5) is 59.1. The monoisotopic (exact) mass is 434 g/mol. The van der Waals surface area contributed by atoms with Gasteiger partial charge in [-0.2, -0.15) is 0 Å². The minimum atomic E-state index is -1.83. The van der Waals surface area contributed by atoms with Gasteiger partial charge in [0.05, 0.1) is 12.7 Å². The zero-order valence-electron chi connectivity index (χ0n) is 16.1. The predicted molar refractivity (Wildman–Crippen MR) is 101 cm³/mol. The van der Waals surface area contributed by atoms with Crippen LogP contribution in [0.2, 0.25) is 0 Å². The van der Waals surface area contributed by atoms with Crippen molar-refractivity contribution in [3.8, 4) is 0 Å². The van der Waals surface area contributed by atoms with E-state index in [1.807, 2.05) is 5.32 Å². The van der Waals surface area contributed by atoms with E-state index in [0.29, 0.717) is 5.56 Å². The first kappa shape index (κ1) is 23.3. The van der Waals surface area contributed by atoms with Gasteiger partial charge in [0.2, 0.25) is 11.6 Å². The lowest BCUT2D eigenvalue weighted by Crippen LogP contribution is -2.50. The van der Waals surface area contributed by atoms with E-state index in [2.05, 4.69) is 5.32 Å². The summed E-state index contributed by atoms with van der Waals surface area (Å²) in [6.07, 6.45) is -0.736. The lowest BCUT2D eigenvalue weighted by atomic mass is 10.0. The fraction of sp³-hybridized carbons (Fsp3) is 0.250. The quantitative estimate of drug-likeness (QED) is 0.448. The molecule has 0 saturated heterocycles. The molecule has 0 spiro atoms. The van der Waals surface area contributed by atoms with E-state index in [4.69, 9.17) is 14.3 Å². The van der Waals surface area contributed by atoms with Crippen molar-refractivity contribution in [3.63, 3.8) is 0 Å². The molecule has 2 amide bonds. The molecule has 164 valence electrons. The highest BCUT2D eigenvalue weighted by Gasteiger charge is 2.33. The number of amides is 2. The molecule has 0 bridgehead atoms. The summed E-state index contributed by atoms with van der Waals surface area (Å²) in [6, 6.07) is 8.14. The maximum atomic E-state index is 12.7. The number of furan rings is 1. The third-order valence-electron chi connectivity index (χ3n) is 3.97. The molecule has 1 aromatic heterocycles. The number of ether oxygens (including phenoxy) is 1. The molecule has 0 fully saturated rings. The first-order chi connectivity index (χ1) is 14.8. The molecule has 1 aromatic carbocycles. The van der Waals surface area contributed by atoms with E-state index in [1.165, 1.54) is 18.4 Å². The zero-order chi connectivity index (χ0) is 22.8. The van der Waals surface area contributed by atoms with Crippen molar-refractivity contribution < 1.29 is 42.6 Å². The van der Waals surface area contributed by atoms with Gasteiger partial charge >= 0.3 is 12.1 Å². The van der Waals surface area contributed by atoms with Gasteiger partial charge in [0.25, 0.3) is 5.91 Å². The number of carboxylic acid groups (broad SMARTS) is 1. The van der Waals surface area contributed by atoms with Crippen molar-refractivity contribution in [1.82, 2.24) is 10.6 Å². The van der Waals surface area contributed by atoms with E-state index in [0.717, 1.165) is 0 Å². The number of alkyl halides is 1. The lowest BCUT2D eigenvalue weighted by molar-refractivity contribution is -0.143. The molecule has 2 unspecified atom stereocenters. The van der Waals surface area contributed by atoms with Crippen LogP contribution >= 0.6 is 0 Å².